The van der Waals surface area contributed by atoms with E-state index in [1.807, 2.05) is 0 Å². The lowest BCUT2D eigenvalue weighted by Gasteiger charge is -2.06. The highest BCUT2D eigenvalue weighted by Gasteiger charge is 2.38. The molecular formula is C13H12F3N3O4. The highest BCUT2D eigenvalue weighted by Crippen LogP contribution is 2.29. The maximum atomic E-state index is 12.4. The average molecular weight is 331 g/mol. The molecule has 7 nitrogen and oxygen atoms in total. The monoisotopic (exact) mass is 331 g/mol. The number of methoxy groups -OCH3 is 1. The molecule has 0 aliphatic heterocycles. The van der Waals surface area contributed by atoms with Crippen LogP contribution in [-0.4, -0.2) is 36.5 Å². The van der Waals surface area contributed by atoms with Crippen LogP contribution < -0.4 is 10.1 Å². The van der Waals surface area contributed by atoms with Gasteiger partial charge in [-0.15, -0.1) is 0 Å². The van der Waals surface area contributed by atoms with Crippen molar-refractivity contribution in [1.29, 1.82) is 0 Å². The van der Waals surface area contributed by atoms with Gasteiger partial charge < -0.3 is 19.3 Å². The Hall–Kier alpha value is -2.62. The second-order valence-corrected chi connectivity index (χ2v) is 4.25. The maximum Gasteiger partial charge on any atom is 0.471 e. The van der Waals surface area contributed by atoms with E-state index in [9.17, 15) is 18.0 Å². The molecule has 0 bridgehead atoms. The maximum absolute atomic E-state index is 12.4. The lowest BCUT2D eigenvalue weighted by Crippen LogP contribution is -2.29. The van der Waals surface area contributed by atoms with Gasteiger partial charge in [0.15, 0.2) is 0 Å². The van der Waals surface area contributed by atoms with Gasteiger partial charge in [-0.1, -0.05) is 5.16 Å². The first-order chi connectivity index (χ1) is 10.9. The summed E-state index contributed by atoms with van der Waals surface area (Å²) in [4.78, 5) is 14.7. The van der Waals surface area contributed by atoms with Gasteiger partial charge in [0, 0.05) is 19.2 Å². The van der Waals surface area contributed by atoms with Gasteiger partial charge in [-0.05, 0) is 24.3 Å². The lowest BCUT2D eigenvalue weighted by atomic mass is 10.2. The predicted molar refractivity (Wildman–Crippen MR) is 70.6 cm³/mol. The molecule has 0 fully saturated rings. The summed E-state index contributed by atoms with van der Waals surface area (Å²) in [5.41, 5.74) is 0.288. The minimum atomic E-state index is -4.70. The number of hydrogen-bond donors (Lipinski definition) is 1. The van der Waals surface area contributed by atoms with E-state index in [-0.39, 0.29) is 23.7 Å². The van der Waals surface area contributed by atoms with Crippen molar-refractivity contribution >= 4 is 6.09 Å². The minimum Gasteiger partial charge on any atom is -0.410 e. The van der Waals surface area contributed by atoms with Crippen molar-refractivity contribution in [2.45, 2.75) is 6.18 Å². The lowest BCUT2D eigenvalue weighted by molar-refractivity contribution is -0.159. The molecule has 23 heavy (non-hydrogen) atoms. The van der Waals surface area contributed by atoms with Crippen molar-refractivity contribution in [3.05, 3.63) is 30.2 Å². The fourth-order valence-electron chi connectivity index (χ4n) is 1.53. The molecule has 0 unspecified atom stereocenters. The number of amides is 1. The summed E-state index contributed by atoms with van der Waals surface area (Å²) in [6.07, 6.45) is -5.37. The molecule has 1 aromatic heterocycles. The summed E-state index contributed by atoms with van der Waals surface area (Å²) in [6.45, 7) is 0.629. The molecule has 0 aliphatic rings. The fourth-order valence-corrected chi connectivity index (χ4v) is 1.53. The molecule has 2 rings (SSSR count). The van der Waals surface area contributed by atoms with Crippen molar-refractivity contribution < 1.29 is 32.0 Å². The first-order valence-electron chi connectivity index (χ1n) is 6.36. The number of hydrogen-bond acceptors (Lipinski definition) is 6. The summed E-state index contributed by atoms with van der Waals surface area (Å²) >= 11 is 0. The molecule has 0 aliphatic carbocycles. The smallest absolute Gasteiger partial charge is 0.410 e. The largest absolute Gasteiger partial charge is 0.471 e. The third-order valence-electron chi connectivity index (χ3n) is 2.57. The molecule has 1 aromatic carbocycles. The van der Waals surface area contributed by atoms with Crippen molar-refractivity contribution in [2.75, 3.05) is 20.3 Å². The van der Waals surface area contributed by atoms with E-state index in [1.54, 1.807) is 0 Å². The molecule has 2 aromatic rings. The van der Waals surface area contributed by atoms with Crippen LogP contribution in [0.5, 0.6) is 5.75 Å². The molecule has 1 amide bonds. The van der Waals surface area contributed by atoms with Crippen LogP contribution >= 0.6 is 0 Å². The van der Waals surface area contributed by atoms with Crippen LogP contribution in [0.25, 0.3) is 11.4 Å². The SMILES string of the molecule is COCCNC(=O)Oc1ccc(-c2noc(C(F)(F)F)n2)cc1. The number of ether oxygens (including phenoxy) is 2. The molecule has 0 radical (unpaired) electrons. The second-order valence-electron chi connectivity index (χ2n) is 4.25. The molecular weight excluding hydrogens is 319 g/mol. The Morgan fingerprint density at radius 1 is 1.30 bits per heavy atom. The summed E-state index contributed by atoms with van der Waals surface area (Å²) in [7, 11) is 1.49. The van der Waals surface area contributed by atoms with Gasteiger partial charge in [0.25, 0.3) is 0 Å². The van der Waals surface area contributed by atoms with Gasteiger partial charge in [0.05, 0.1) is 6.61 Å². The quantitative estimate of drug-likeness (QED) is 0.847. The summed E-state index contributed by atoms with van der Waals surface area (Å²) in [5.74, 6) is -1.43. The third-order valence-corrected chi connectivity index (χ3v) is 2.57. The first-order valence-corrected chi connectivity index (χ1v) is 6.36. The van der Waals surface area contributed by atoms with Crippen LogP contribution in [0.1, 0.15) is 5.89 Å². The van der Waals surface area contributed by atoms with Gasteiger partial charge in [-0.25, -0.2) is 4.79 Å². The van der Waals surface area contributed by atoms with Gasteiger partial charge >= 0.3 is 18.2 Å². The zero-order valence-electron chi connectivity index (χ0n) is 11.9. The molecule has 0 saturated heterocycles. The number of alkyl halides is 3. The molecule has 0 atom stereocenters. The molecule has 10 heteroatoms. The third kappa shape index (κ3) is 4.68. The van der Waals surface area contributed by atoms with Crippen LogP contribution in [0, 0.1) is 0 Å². The number of carbonyl (C=O) groups is 1. The standard InChI is InChI=1S/C13H12F3N3O4/c1-21-7-6-17-12(20)22-9-4-2-8(3-5-9)10-18-11(23-19-10)13(14,15)16/h2-5H,6-7H2,1H3,(H,17,20). The predicted octanol–water partition coefficient (Wildman–Crippen LogP) is 2.49. The van der Waals surface area contributed by atoms with Crippen LogP contribution in [0.4, 0.5) is 18.0 Å². The highest BCUT2D eigenvalue weighted by atomic mass is 19.4. The Bertz CT molecular complexity index is 655. The number of rotatable bonds is 5. The van der Waals surface area contributed by atoms with E-state index in [0.29, 0.717) is 6.61 Å². The summed E-state index contributed by atoms with van der Waals surface area (Å²) in [6, 6.07) is 5.61. The first kappa shape index (κ1) is 16.7. The van der Waals surface area contributed by atoms with E-state index in [1.165, 1.54) is 31.4 Å². The Labute approximate surface area is 128 Å². The molecule has 1 N–H and O–H groups in total. The molecule has 0 spiro atoms. The Balaban J connectivity index is 1.99. The fraction of sp³-hybridized carbons (Fsp3) is 0.308. The Kier molecular flexibility index (Phi) is 5.16. The number of halogens is 3. The summed E-state index contributed by atoms with van der Waals surface area (Å²) in [5, 5.41) is 5.70. The van der Waals surface area contributed by atoms with Crippen LogP contribution in [0.15, 0.2) is 28.8 Å². The second kappa shape index (κ2) is 7.09. The van der Waals surface area contributed by atoms with Crippen molar-refractivity contribution in [2.24, 2.45) is 0 Å². The van der Waals surface area contributed by atoms with Gasteiger partial charge in [-0.3, -0.25) is 0 Å². The Morgan fingerprint density at radius 2 is 2.00 bits per heavy atom. The van der Waals surface area contributed by atoms with E-state index in [2.05, 4.69) is 20.0 Å². The Morgan fingerprint density at radius 3 is 2.57 bits per heavy atom. The van der Waals surface area contributed by atoms with Crippen LogP contribution in [0.3, 0.4) is 0 Å². The number of benzene rings is 1. The topological polar surface area (TPSA) is 86.5 Å². The van der Waals surface area contributed by atoms with Crippen LogP contribution in [-0.2, 0) is 10.9 Å². The highest BCUT2D eigenvalue weighted by molar-refractivity contribution is 5.70. The van der Waals surface area contributed by atoms with E-state index in [4.69, 9.17) is 9.47 Å². The minimum absolute atomic E-state index is 0.211. The van der Waals surface area contributed by atoms with E-state index >= 15 is 0 Å². The van der Waals surface area contributed by atoms with Crippen molar-refractivity contribution in [1.82, 2.24) is 15.5 Å². The van der Waals surface area contributed by atoms with Crippen molar-refractivity contribution in [3.63, 3.8) is 0 Å². The average Bonchev–Trinajstić information content (AvgIpc) is 2.98. The summed E-state index contributed by atoms with van der Waals surface area (Å²) < 4.78 is 51.0. The molecule has 0 saturated carbocycles. The van der Waals surface area contributed by atoms with Crippen LogP contribution in [0.2, 0.25) is 0 Å². The zero-order valence-corrected chi connectivity index (χ0v) is 11.9. The van der Waals surface area contributed by atoms with E-state index < -0.39 is 18.2 Å². The van der Waals surface area contributed by atoms with E-state index in [0.717, 1.165) is 0 Å². The zero-order chi connectivity index (χ0) is 16.9. The number of aromatic nitrogens is 2. The molecule has 124 valence electrons. The van der Waals surface area contributed by atoms with Gasteiger partial charge in [-0.2, -0.15) is 18.2 Å². The number of nitrogens with zero attached hydrogens (tertiary/aromatic N) is 2. The van der Waals surface area contributed by atoms with Gasteiger partial charge in [0.1, 0.15) is 5.75 Å². The van der Waals surface area contributed by atoms with Crippen molar-refractivity contribution in [3.8, 4) is 17.1 Å². The normalized spacial score (nSPS) is 11.3. The number of carbonyl (C=O) groups excluding carboxylic acids is 1. The van der Waals surface area contributed by atoms with Gasteiger partial charge in [0.2, 0.25) is 5.82 Å². The number of nitrogens with one attached hydrogen (secondary N) is 1. The molecule has 1 heterocycles.